The number of imide groups is 1. The van der Waals surface area contributed by atoms with Crippen LogP contribution in [0.15, 0.2) is 30.4 Å². The van der Waals surface area contributed by atoms with E-state index in [0.29, 0.717) is 30.0 Å². The van der Waals surface area contributed by atoms with Gasteiger partial charge >= 0.3 is 0 Å². The van der Waals surface area contributed by atoms with Crippen molar-refractivity contribution in [2.75, 3.05) is 19.1 Å². The number of benzene rings is 1. The lowest BCUT2D eigenvalue weighted by Crippen LogP contribution is -2.30. The summed E-state index contributed by atoms with van der Waals surface area (Å²) >= 11 is 0. The molecule has 2 atom stereocenters. The van der Waals surface area contributed by atoms with Crippen LogP contribution in [-0.4, -0.2) is 26.0 Å². The van der Waals surface area contributed by atoms with E-state index in [0.717, 1.165) is 0 Å². The molecule has 1 aliphatic heterocycles. The van der Waals surface area contributed by atoms with Crippen molar-refractivity contribution in [2.45, 2.75) is 12.8 Å². The highest BCUT2D eigenvalue weighted by atomic mass is 16.5. The molecule has 0 bridgehead atoms. The molecule has 3 rings (SSSR count). The summed E-state index contributed by atoms with van der Waals surface area (Å²) in [6.07, 6.45) is 5.23. The molecular weight excluding hydrogens is 270 g/mol. The Labute approximate surface area is 123 Å². The molecule has 0 spiro atoms. The number of allylic oxidation sites excluding steroid dienone is 2. The molecule has 0 aromatic heterocycles. The van der Waals surface area contributed by atoms with Crippen molar-refractivity contribution in [3.63, 3.8) is 0 Å². The minimum atomic E-state index is -0.226. The number of ether oxygens (including phenoxy) is 2. The summed E-state index contributed by atoms with van der Waals surface area (Å²) in [7, 11) is 3.07. The molecule has 21 heavy (non-hydrogen) atoms. The number of hydrogen-bond acceptors (Lipinski definition) is 4. The number of rotatable bonds is 3. The SMILES string of the molecule is COc1ccc(N2C(=O)[C@H]3CC=CC[C@H]3C2=O)cc1OC. The highest BCUT2D eigenvalue weighted by Gasteiger charge is 2.47. The summed E-state index contributed by atoms with van der Waals surface area (Å²) < 4.78 is 10.4. The average molecular weight is 287 g/mol. The molecule has 1 heterocycles. The minimum absolute atomic E-state index is 0.124. The van der Waals surface area contributed by atoms with Crippen LogP contribution in [0.25, 0.3) is 0 Å². The van der Waals surface area contributed by atoms with E-state index in [1.165, 1.54) is 12.0 Å². The fourth-order valence-corrected chi connectivity index (χ4v) is 3.02. The monoisotopic (exact) mass is 287 g/mol. The first-order valence-corrected chi connectivity index (χ1v) is 6.92. The maximum absolute atomic E-state index is 12.5. The molecule has 2 aliphatic rings. The molecule has 1 saturated heterocycles. The first-order chi connectivity index (χ1) is 10.2. The van der Waals surface area contributed by atoms with Crippen LogP contribution in [0.1, 0.15) is 12.8 Å². The average Bonchev–Trinajstić information content (AvgIpc) is 2.78. The fourth-order valence-electron chi connectivity index (χ4n) is 3.02. The number of carbonyl (C=O) groups excluding carboxylic acids is 2. The van der Waals surface area contributed by atoms with Crippen molar-refractivity contribution in [1.82, 2.24) is 0 Å². The van der Waals surface area contributed by atoms with Crippen molar-refractivity contribution in [2.24, 2.45) is 11.8 Å². The molecule has 2 amide bonds. The van der Waals surface area contributed by atoms with E-state index in [1.807, 2.05) is 12.2 Å². The smallest absolute Gasteiger partial charge is 0.238 e. The second kappa shape index (κ2) is 5.24. The van der Waals surface area contributed by atoms with Crippen LogP contribution < -0.4 is 14.4 Å². The molecule has 1 fully saturated rings. The predicted octanol–water partition coefficient (Wildman–Crippen LogP) is 2.16. The fraction of sp³-hybridized carbons (Fsp3) is 0.375. The number of fused-ring (bicyclic) bond motifs is 1. The van der Waals surface area contributed by atoms with Crippen LogP contribution in [0.5, 0.6) is 11.5 Å². The molecule has 1 aromatic rings. The Morgan fingerprint density at radius 3 is 2.05 bits per heavy atom. The molecule has 5 heteroatoms. The van der Waals surface area contributed by atoms with E-state index < -0.39 is 0 Å². The van der Waals surface area contributed by atoms with E-state index in [-0.39, 0.29) is 23.7 Å². The quantitative estimate of drug-likeness (QED) is 0.631. The van der Waals surface area contributed by atoms with Gasteiger partial charge in [0.05, 0.1) is 31.7 Å². The standard InChI is InChI=1S/C16H17NO4/c1-20-13-8-7-10(9-14(13)21-2)17-15(18)11-5-3-4-6-12(11)16(17)19/h3-4,7-9,11-12H,5-6H2,1-2H3/t11-,12+. The van der Waals surface area contributed by atoms with Crippen LogP contribution in [0.4, 0.5) is 5.69 Å². The van der Waals surface area contributed by atoms with Gasteiger partial charge in [0.1, 0.15) is 0 Å². The lowest BCUT2D eigenvalue weighted by atomic mass is 9.85. The summed E-state index contributed by atoms with van der Waals surface area (Å²) in [6, 6.07) is 5.08. The van der Waals surface area contributed by atoms with Crippen molar-refractivity contribution in [3.05, 3.63) is 30.4 Å². The molecule has 5 nitrogen and oxygen atoms in total. The van der Waals surface area contributed by atoms with Gasteiger partial charge < -0.3 is 9.47 Å². The van der Waals surface area contributed by atoms with Crippen LogP contribution in [0.2, 0.25) is 0 Å². The Balaban J connectivity index is 1.97. The molecule has 0 N–H and O–H groups in total. The number of anilines is 1. The Hall–Kier alpha value is -2.30. The molecule has 1 aromatic carbocycles. The van der Waals surface area contributed by atoms with Crippen LogP contribution >= 0.6 is 0 Å². The van der Waals surface area contributed by atoms with Gasteiger partial charge in [0.15, 0.2) is 11.5 Å². The Morgan fingerprint density at radius 1 is 0.952 bits per heavy atom. The van der Waals surface area contributed by atoms with E-state index in [1.54, 1.807) is 25.3 Å². The minimum Gasteiger partial charge on any atom is -0.493 e. The Bertz CT molecular complexity index is 597. The largest absolute Gasteiger partial charge is 0.493 e. The van der Waals surface area contributed by atoms with E-state index in [9.17, 15) is 9.59 Å². The van der Waals surface area contributed by atoms with E-state index in [4.69, 9.17) is 9.47 Å². The van der Waals surface area contributed by atoms with Gasteiger partial charge in [-0.1, -0.05) is 12.2 Å². The summed E-state index contributed by atoms with van der Waals surface area (Å²) in [4.78, 5) is 26.3. The maximum Gasteiger partial charge on any atom is 0.238 e. The van der Waals surface area contributed by atoms with Gasteiger partial charge in [-0.2, -0.15) is 0 Å². The topological polar surface area (TPSA) is 55.8 Å². The summed E-state index contributed by atoms with van der Waals surface area (Å²) in [6.45, 7) is 0. The van der Waals surface area contributed by atoms with Crippen LogP contribution in [-0.2, 0) is 9.59 Å². The number of hydrogen-bond donors (Lipinski definition) is 0. The maximum atomic E-state index is 12.5. The molecule has 0 saturated carbocycles. The van der Waals surface area contributed by atoms with Crippen LogP contribution in [0.3, 0.4) is 0 Å². The zero-order valence-corrected chi connectivity index (χ0v) is 12.0. The van der Waals surface area contributed by atoms with Gasteiger partial charge in [-0.3, -0.25) is 9.59 Å². The van der Waals surface area contributed by atoms with E-state index >= 15 is 0 Å². The molecule has 0 unspecified atom stereocenters. The molecule has 0 radical (unpaired) electrons. The number of methoxy groups -OCH3 is 2. The zero-order chi connectivity index (χ0) is 15.0. The Morgan fingerprint density at radius 2 is 1.52 bits per heavy atom. The highest BCUT2D eigenvalue weighted by molar-refractivity contribution is 6.22. The summed E-state index contributed by atoms with van der Waals surface area (Å²) in [5, 5.41) is 0. The number of nitrogens with zero attached hydrogens (tertiary/aromatic N) is 1. The third-order valence-corrected chi connectivity index (χ3v) is 4.13. The lowest BCUT2D eigenvalue weighted by molar-refractivity contribution is -0.122. The predicted molar refractivity (Wildman–Crippen MR) is 77.4 cm³/mol. The molecule has 1 aliphatic carbocycles. The zero-order valence-electron chi connectivity index (χ0n) is 12.0. The number of carbonyl (C=O) groups is 2. The first-order valence-electron chi connectivity index (χ1n) is 6.92. The summed E-state index contributed by atoms with van der Waals surface area (Å²) in [5.74, 6) is 0.373. The first kappa shape index (κ1) is 13.7. The van der Waals surface area contributed by atoms with E-state index in [2.05, 4.69) is 0 Å². The van der Waals surface area contributed by atoms with Crippen molar-refractivity contribution in [1.29, 1.82) is 0 Å². The van der Waals surface area contributed by atoms with Gasteiger partial charge in [0.2, 0.25) is 11.8 Å². The van der Waals surface area contributed by atoms with Gasteiger partial charge in [-0.25, -0.2) is 4.90 Å². The lowest BCUT2D eigenvalue weighted by Gasteiger charge is -2.17. The number of amides is 2. The summed E-state index contributed by atoms with van der Waals surface area (Å²) in [5.41, 5.74) is 0.539. The van der Waals surface area contributed by atoms with Crippen molar-refractivity contribution in [3.8, 4) is 11.5 Å². The third kappa shape index (κ3) is 2.09. The second-order valence-corrected chi connectivity index (χ2v) is 5.21. The normalized spacial score (nSPS) is 24.2. The van der Waals surface area contributed by atoms with Crippen molar-refractivity contribution >= 4 is 17.5 Å². The van der Waals surface area contributed by atoms with Crippen LogP contribution in [0, 0.1) is 11.8 Å². The van der Waals surface area contributed by atoms with Gasteiger partial charge in [0, 0.05) is 6.07 Å². The molecular formula is C16H17NO4. The van der Waals surface area contributed by atoms with Gasteiger partial charge in [-0.15, -0.1) is 0 Å². The third-order valence-electron chi connectivity index (χ3n) is 4.13. The highest BCUT2D eigenvalue weighted by Crippen LogP contribution is 2.40. The van der Waals surface area contributed by atoms with Gasteiger partial charge in [0.25, 0.3) is 0 Å². The Kier molecular flexibility index (Phi) is 3.41. The molecule has 110 valence electrons. The second-order valence-electron chi connectivity index (χ2n) is 5.21. The van der Waals surface area contributed by atoms with Crippen molar-refractivity contribution < 1.29 is 19.1 Å². The van der Waals surface area contributed by atoms with Gasteiger partial charge in [-0.05, 0) is 25.0 Å².